The molecule has 0 aliphatic carbocycles. The molecule has 1 N–H and O–H groups in total. The Hall–Kier alpha value is -3.96. The lowest BCUT2D eigenvalue weighted by atomic mass is 10.0. The van der Waals surface area contributed by atoms with Crippen LogP contribution in [0.4, 0.5) is 27.6 Å². The summed E-state index contributed by atoms with van der Waals surface area (Å²) in [5.74, 6) is -3.59. The third-order valence-electron chi connectivity index (χ3n) is 4.80. The summed E-state index contributed by atoms with van der Waals surface area (Å²) in [5, 5.41) is 10.0. The second-order valence-corrected chi connectivity index (χ2v) is 7.18. The molecular weight excluding hydrogens is 451 g/mol. The van der Waals surface area contributed by atoms with E-state index >= 15 is 0 Å². The molecule has 3 heterocycles. The summed E-state index contributed by atoms with van der Waals surface area (Å²) in [4.78, 5) is 12.5. The van der Waals surface area contributed by atoms with Gasteiger partial charge in [0.15, 0.2) is 11.5 Å². The number of anilines is 1. The summed E-state index contributed by atoms with van der Waals surface area (Å²) in [5.41, 5.74) is -2.39. The van der Waals surface area contributed by atoms with Crippen LogP contribution >= 0.6 is 0 Å². The van der Waals surface area contributed by atoms with Crippen LogP contribution < -0.4 is 5.32 Å². The van der Waals surface area contributed by atoms with Crippen LogP contribution in [0.15, 0.2) is 57.8 Å². The number of carbonyl (C=O) groups excluding carboxylic acids is 1. The zero-order valence-corrected chi connectivity index (χ0v) is 17.1. The Bertz CT molecular complexity index is 1300. The summed E-state index contributed by atoms with van der Waals surface area (Å²) in [6.45, 7) is 1.93. The highest BCUT2D eigenvalue weighted by Gasteiger charge is 2.37. The molecule has 33 heavy (non-hydrogen) atoms. The molecule has 0 fully saturated rings. The number of rotatable bonds is 5. The number of furan rings is 1. The van der Waals surface area contributed by atoms with Gasteiger partial charge in [-0.1, -0.05) is 11.2 Å². The number of benzene rings is 1. The van der Waals surface area contributed by atoms with E-state index in [1.165, 1.54) is 19.3 Å². The molecule has 1 aromatic carbocycles. The Morgan fingerprint density at radius 1 is 1.09 bits per heavy atom. The molecule has 172 valence electrons. The average Bonchev–Trinajstić information content (AvgIpc) is 3.48. The largest absolute Gasteiger partial charge is 0.461 e. The van der Waals surface area contributed by atoms with E-state index in [-0.39, 0.29) is 22.8 Å². The van der Waals surface area contributed by atoms with Gasteiger partial charge in [-0.25, -0.2) is 13.5 Å². The summed E-state index contributed by atoms with van der Waals surface area (Å²) in [7, 11) is 0. The van der Waals surface area contributed by atoms with Gasteiger partial charge < -0.3 is 14.3 Å². The number of alkyl halides is 5. The van der Waals surface area contributed by atoms with Crippen LogP contribution in [0, 0.1) is 6.92 Å². The molecule has 0 bridgehead atoms. The number of hydrogen-bond acceptors (Lipinski definition) is 5. The van der Waals surface area contributed by atoms with Crippen LogP contribution in [0.1, 0.15) is 34.2 Å². The Labute approximate surface area is 182 Å². The summed E-state index contributed by atoms with van der Waals surface area (Å²) in [6, 6.07) is 6.76. The maximum Gasteiger partial charge on any atom is 0.418 e. The second kappa shape index (κ2) is 7.87. The van der Waals surface area contributed by atoms with Crippen LogP contribution in [0.2, 0.25) is 0 Å². The van der Waals surface area contributed by atoms with Gasteiger partial charge in [-0.15, -0.1) is 0 Å². The average molecular weight is 466 g/mol. The SMILES string of the molecule is Cc1c(NC(=O)c2cc(-c3ccco3)on2)cnn1-c1ccc(C(C)(F)F)cc1C(F)(F)F. The standard InChI is InChI=1S/C21H15F5N4O3/c1-11-15(28-19(31)14-9-18(33-29-14)17-4-3-7-32-17)10-27-30(11)16-6-5-12(20(2,22)23)8-13(16)21(24,25)26/h3-10H,1-2H3,(H,28,31). The van der Waals surface area contributed by atoms with E-state index in [0.29, 0.717) is 18.8 Å². The van der Waals surface area contributed by atoms with Crippen molar-refractivity contribution in [3.63, 3.8) is 0 Å². The molecule has 4 aromatic rings. The Balaban J connectivity index is 1.64. The summed E-state index contributed by atoms with van der Waals surface area (Å²) in [6.07, 6.45) is -2.36. The number of aromatic nitrogens is 3. The predicted molar refractivity (Wildman–Crippen MR) is 105 cm³/mol. The number of carbonyl (C=O) groups is 1. The van der Waals surface area contributed by atoms with E-state index in [0.717, 1.165) is 23.0 Å². The fraction of sp³-hybridized carbons (Fsp3) is 0.190. The Morgan fingerprint density at radius 2 is 1.85 bits per heavy atom. The molecule has 0 atom stereocenters. The third kappa shape index (κ3) is 4.36. The van der Waals surface area contributed by atoms with Gasteiger partial charge in [0, 0.05) is 18.6 Å². The van der Waals surface area contributed by atoms with Crippen molar-refractivity contribution in [1.82, 2.24) is 14.9 Å². The lowest BCUT2D eigenvalue weighted by Gasteiger charge is -2.18. The van der Waals surface area contributed by atoms with E-state index in [4.69, 9.17) is 8.94 Å². The molecule has 0 radical (unpaired) electrons. The monoisotopic (exact) mass is 466 g/mol. The van der Waals surface area contributed by atoms with Crippen molar-refractivity contribution in [2.24, 2.45) is 0 Å². The van der Waals surface area contributed by atoms with Gasteiger partial charge in [-0.3, -0.25) is 4.79 Å². The van der Waals surface area contributed by atoms with E-state index < -0.39 is 34.8 Å². The van der Waals surface area contributed by atoms with E-state index in [1.54, 1.807) is 12.1 Å². The van der Waals surface area contributed by atoms with Gasteiger partial charge in [0.2, 0.25) is 5.76 Å². The fourth-order valence-corrected chi connectivity index (χ4v) is 3.10. The normalized spacial score (nSPS) is 12.2. The van der Waals surface area contributed by atoms with Gasteiger partial charge in [-0.2, -0.15) is 18.3 Å². The lowest BCUT2D eigenvalue weighted by molar-refractivity contribution is -0.137. The third-order valence-corrected chi connectivity index (χ3v) is 4.80. The molecule has 1 amide bonds. The van der Waals surface area contributed by atoms with Gasteiger partial charge in [0.1, 0.15) is 0 Å². The second-order valence-electron chi connectivity index (χ2n) is 7.18. The Morgan fingerprint density at radius 3 is 2.48 bits per heavy atom. The number of hydrogen-bond donors (Lipinski definition) is 1. The number of halogens is 5. The van der Waals surface area contributed by atoms with Crippen LogP contribution in [-0.2, 0) is 12.1 Å². The topological polar surface area (TPSA) is 86.1 Å². The molecule has 0 aliphatic rings. The van der Waals surface area contributed by atoms with Gasteiger partial charge in [0.05, 0.1) is 35.1 Å². The molecule has 3 aromatic heterocycles. The van der Waals surface area contributed by atoms with Gasteiger partial charge in [0.25, 0.3) is 11.8 Å². The van der Waals surface area contributed by atoms with E-state index in [1.807, 2.05) is 0 Å². The first-order valence-electron chi connectivity index (χ1n) is 9.41. The van der Waals surface area contributed by atoms with Crippen LogP contribution in [-0.4, -0.2) is 20.8 Å². The molecule has 0 aliphatic heterocycles. The molecule has 12 heteroatoms. The van der Waals surface area contributed by atoms with Gasteiger partial charge >= 0.3 is 6.18 Å². The molecule has 0 saturated carbocycles. The first kappa shape index (κ1) is 22.2. The number of nitrogens with one attached hydrogen (secondary N) is 1. The van der Waals surface area contributed by atoms with Crippen molar-refractivity contribution >= 4 is 11.6 Å². The molecule has 4 rings (SSSR count). The predicted octanol–water partition coefficient (Wildman–Crippen LogP) is 5.81. The quantitative estimate of drug-likeness (QED) is 0.375. The maximum absolute atomic E-state index is 13.6. The smallest absolute Gasteiger partial charge is 0.418 e. The minimum absolute atomic E-state index is 0.0978. The summed E-state index contributed by atoms with van der Waals surface area (Å²) < 4.78 is 79.1. The first-order chi connectivity index (χ1) is 15.4. The number of amides is 1. The fourth-order valence-electron chi connectivity index (χ4n) is 3.10. The lowest BCUT2D eigenvalue weighted by Crippen LogP contribution is -2.16. The van der Waals surface area contributed by atoms with E-state index in [9.17, 15) is 26.7 Å². The van der Waals surface area contributed by atoms with Crippen LogP contribution in [0.25, 0.3) is 17.2 Å². The zero-order valence-electron chi connectivity index (χ0n) is 17.1. The van der Waals surface area contributed by atoms with Crippen LogP contribution in [0.3, 0.4) is 0 Å². The van der Waals surface area contributed by atoms with Crippen LogP contribution in [0.5, 0.6) is 0 Å². The summed E-state index contributed by atoms with van der Waals surface area (Å²) >= 11 is 0. The van der Waals surface area contributed by atoms with Crippen molar-refractivity contribution in [1.29, 1.82) is 0 Å². The Kier molecular flexibility index (Phi) is 5.30. The van der Waals surface area contributed by atoms with Crippen molar-refractivity contribution < 1.29 is 35.7 Å². The van der Waals surface area contributed by atoms with E-state index in [2.05, 4.69) is 15.6 Å². The van der Waals surface area contributed by atoms with Crippen molar-refractivity contribution in [3.05, 3.63) is 71.4 Å². The number of nitrogens with zero attached hydrogens (tertiary/aromatic N) is 3. The highest BCUT2D eigenvalue weighted by atomic mass is 19.4. The van der Waals surface area contributed by atoms with Gasteiger partial charge in [-0.05, 0) is 31.2 Å². The van der Waals surface area contributed by atoms with Crippen molar-refractivity contribution in [3.8, 4) is 17.2 Å². The molecule has 0 saturated heterocycles. The molecule has 0 unspecified atom stereocenters. The maximum atomic E-state index is 13.6. The highest BCUT2D eigenvalue weighted by Crippen LogP contribution is 2.38. The van der Waals surface area contributed by atoms with Crippen molar-refractivity contribution in [2.75, 3.05) is 5.32 Å². The molecule has 7 nitrogen and oxygen atoms in total. The first-order valence-corrected chi connectivity index (χ1v) is 9.41. The molecular formula is C21H15F5N4O3. The minimum atomic E-state index is -4.92. The van der Waals surface area contributed by atoms with Crippen molar-refractivity contribution in [2.45, 2.75) is 25.9 Å². The minimum Gasteiger partial charge on any atom is -0.461 e. The highest BCUT2D eigenvalue weighted by molar-refractivity contribution is 6.03. The molecule has 0 spiro atoms. The zero-order chi connectivity index (χ0) is 24.0.